The minimum absolute atomic E-state index is 0.0979. The maximum absolute atomic E-state index is 12.4. The van der Waals surface area contributed by atoms with Crippen LogP contribution in [0.2, 0.25) is 0 Å². The predicted octanol–water partition coefficient (Wildman–Crippen LogP) is 0.0326. The van der Waals surface area contributed by atoms with Crippen LogP contribution < -0.4 is 5.76 Å². The SMILES string of the molecule is O=C(Cn1c(=O)oc2ccccc21)N1CCCC(O)(C(=O)O)C1. The van der Waals surface area contributed by atoms with Crippen molar-refractivity contribution in [2.24, 2.45) is 0 Å². The number of rotatable bonds is 3. The van der Waals surface area contributed by atoms with Gasteiger partial charge in [0.05, 0.1) is 12.1 Å². The fourth-order valence-electron chi connectivity index (χ4n) is 2.82. The molecule has 8 heteroatoms. The van der Waals surface area contributed by atoms with E-state index in [4.69, 9.17) is 9.52 Å². The van der Waals surface area contributed by atoms with E-state index in [9.17, 15) is 19.5 Å². The van der Waals surface area contributed by atoms with Crippen LogP contribution >= 0.6 is 0 Å². The number of carbonyl (C=O) groups is 2. The molecular formula is C15H16N2O6. The van der Waals surface area contributed by atoms with E-state index >= 15 is 0 Å². The number of aliphatic hydroxyl groups is 1. The van der Waals surface area contributed by atoms with Gasteiger partial charge in [-0.15, -0.1) is 0 Å². The van der Waals surface area contributed by atoms with Crippen LogP contribution in [0.25, 0.3) is 11.1 Å². The lowest BCUT2D eigenvalue weighted by Gasteiger charge is -2.36. The maximum atomic E-state index is 12.4. The van der Waals surface area contributed by atoms with E-state index in [1.807, 2.05) is 0 Å². The third-order valence-electron chi connectivity index (χ3n) is 4.09. The van der Waals surface area contributed by atoms with Crippen molar-refractivity contribution in [3.8, 4) is 0 Å². The summed E-state index contributed by atoms with van der Waals surface area (Å²) in [7, 11) is 0. The first-order valence-electron chi connectivity index (χ1n) is 7.23. The van der Waals surface area contributed by atoms with Crippen molar-refractivity contribution < 1.29 is 24.2 Å². The van der Waals surface area contributed by atoms with E-state index in [-0.39, 0.29) is 19.5 Å². The molecule has 8 nitrogen and oxygen atoms in total. The largest absolute Gasteiger partial charge is 0.479 e. The van der Waals surface area contributed by atoms with Gasteiger partial charge in [-0.3, -0.25) is 9.36 Å². The minimum atomic E-state index is -1.93. The van der Waals surface area contributed by atoms with E-state index in [2.05, 4.69) is 0 Å². The van der Waals surface area contributed by atoms with Gasteiger partial charge in [-0.25, -0.2) is 9.59 Å². The van der Waals surface area contributed by atoms with Gasteiger partial charge in [0.25, 0.3) is 0 Å². The monoisotopic (exact) mass is 320 g/mol. The first kappa shape index (κ1) is 15.3. The van der Waals surface area contributed by atoms with E-state index in [1.165, 1.54) is 9.47 Å². The molecule has 1 fully saturated rings. The zero-order valence-electron chi connectivity index (χ0n) is 12.3. The summed E-state index contributed by atoms with van der Waals surface area (Å²) in [6, 6.07) is 6.73. The van der Waals surface area contributed by atoms with E-state index in [0.717, 1.165) is 0 Å². The zero-order chi connectivity index (χ0) is 16.6. The molecule has 3 rings (SSSR count). The number of aromatic nitrogens is 1. The predicted molar refractivity (Wildman–Crippen MR) is 78.9 cm³/mol. The summed E-state index contributed by atoms with van der Waals surface area (Å²) in [6.45, 7) is -0.198. The van der Waals surface area contributed by atoms with Gasteiger partial charge < -0.3 is 19.5 Å². The second-order valence-electron chi connectivity index (χ2n) is 5.68. The highest BCUT2D eigenvalue weighted by molar-refractivity contribution is 5.82. The number of hydrogen-bond donors (Lipinski definition) is 2. The van der Waals surface area contributed by atoms with Crippen LogP contribution in [-0.2, 0) is 16.1 Å². The standard InChI is InChI=1S/C15H16N2O6/c18-12(16-7-3-6-15(22,9-16)13(19)20)8-17-10-4-1-2-5-11(10)23-14(17)21/h1-2,4-5,22H,3,6-9H2,(H,19,20). The van der Waals surface area contributed by atoms with Crippen molar-refractivity contribution >= 4 is 23.0 Å². The Bertz CT molecular complexity index is 823. The molecule has 0 spiro atoms. The van der Waals surface area contributed by atoms with Crippen molar-refractivity contribution in [1.29, 1.82) is 0 Å². The van der Waals surface area contributed by atoms with Gasteiger partial charge in [-0.05, 0) is 25.0 Å². The molecule has 23 heavy (non-hydrogen) atoms. The average molecular weight is 320 g/mol. The van der Waals surface area contributed by atoms with Crippen molar-refractivity contribution in [2.75, 3.05) is 13.1 Å². The Labute approximate surface area is 130 Å². The van der Waals surface area contributed by atoms with Crippen LogP contribution in [0.15, 0.2) is 33.5 Å². The van der Waals surface area contributed by atoms with E-state index < -0.39 is 23.2 Å². The molecule has 1 aromatic heterocycles. The number of para-hydroxylation sites is 2. The van der Waals surface area contributed by atoms with Crippen molar-refractivity contribution in [1.82, 2.24) is 9.47 Å². The lowest BCUT2D eigenvalue weighted by molar-refractivity contribution is -0.166. The van der Waals surface area contributed by atoms with Crippen LogP contribution in [-0.4, -0.2) is 50.2 Å². The highest BCUT2D eigenvalue weighted by Gasteiger charge is 2.41. The smallest absolute Gasteiger partial charge is 0.420 e. The van der Waals surface area contributed by atoms with Crippen molar-refractivity contribution in [3.63, 3.8) is 0 Å². The molecule has 2 aromatic rings. The first-order valence-corrected chi connectivity index (χ1v) is 7.23. The minimum Gasteiger partial charge on any atom is -0.479 e. The number of carbonyl (C=O) groups excluding carboxylic acids is 1. The quantitative estimate of drug-likeness (QED) is 0.825. The number of amides is 1. The molecule has 1 aromatic carbocycles. The molecule has 1 aliphatic rings. The molecule has 0 saturated carbocycles. The summed E-state index contributed by atoms with van der Waals surface area (Å²) in [4.78, 5) is 36.7. The molecule has 2 N–H and O–H groups in total. The summed E-state index contributed by atoms with van der Waals surface area (Å²) in [5, 5.41) is 19.1. The van der Waals surface area contributed by atoms with Gasteiger partial charge in [0.2, 0.25) is 5.91 Å². The third kappa shape index (κ3) is 2.72. The van der Waals surface area contributed by atoms with Gasteiger partial charge >= 0.3 is 11.7 Å². The lowest BCUT2D eigenvalue weighted by atomic mass is 9.93. The maximum Gasteiger partial charge on any atom is 0.420 e. The van der Waals surface area contributed by atoms with Gasteiger partial charge in [0, 0.05) is 6.54 Å². The second-order valence-corrected chi connectivity index (χ2v) is 5.68. The Morgan fingerprint density at radius 1 is 1.30 bits per heavy atom. The number of fused-ring (bicyclic) bond motifs is 1. The fraction of sp³-hybridized carbons (Fsp3) is 0.400. The van der Waals surface area contributed by atoms with Crippen LogP contribution in [0.1, 0.15) is 12.8 Å². The normalized spacial score (nSPS) is 21.5. The number of aliphatic carboxylic acids is 1. The number of piperidine rings is 1. The molecule has 1 atom stereocenters. The summed E-state index contributed by atoms with van der Waals surface area (Å²) < 4.78 is 6.26. The Morgan fingerprint density at radius 3 is 2.78 bits per heavy atom. The van der Waals surface area contributed by atoms with Crippen LogP contribution in [0, 0.1) is 0 Å². The number of nitrogens with zero attached hydrogens (tertiary/aromatic N) is 2. The molecule has 0 radical (unpaired) electrons. The van der Waals surface area contributed by atoms with Crippen molar-refractivity contribution in [2.45, 2.75) is 25.0 Å². The first-order chi connectivity index (χ1) is 10.9. The summed E-state index contributed by atoms with van der Waals surface area (Å²) in [5.41, 5.74) is -1.06. The summed E-state index contributed by atoms with van der Waals surface area (Å²) in [5.74, 6) is -2.43. The Balaban J connectivity index is 1.82. The molecule has 1 saturated heterocycles. The summed E-state index contributed by atoms with van der Waals surface area (Å²) in [6.07, 6.45) is 0.482. The number of carboxylic acid groups (broad SMARTS) is 1. The zero-order valence-corrected chi connectivity index (χ0v) is 12.3. The number of hydrogen-bond acceptors (Lipinski definition) is 5. The highest BCUT2D eigenvalue weighted by Crippen LogP contribution is 2.22. The van der Waals surface area contributed by atoms with Gasteiger partial charge in [0.15, 0.2) is 11.2 Å². The number of β-amino-alcohol motifs (C(OH)–C–C–N with tert-alkyl or cyclic N) is 1. The van der Waals surface area contributed by atoms with Crippen LogP contribution in [0.3, 0.4) is 0 Å². The molecule has 1 unspecified atom stereocenters. The van der Waals surface area contributed by atoms with Crippen LogP contribution in [0.5, 0.6) is 0 Å². The Morgan fingerprint density at radius 2 is 2.04 bits per heavy atom. The number of benzene rings is 1. The molecule has 0 bridgehead atoms. The Kier molecular flexibility index (Phi) is 3.69. The average Bonchev–Trinajstić information content (AvgIpc) is 2.83. The molecule has 2 heterocycles. The Hall–Kier alpha value is -2.61. The number of oxazole rings is 1. The topological polar surface area (TPSA) is 113 Å². The second kappa shape index (κ2) is 5.54. The summed E-state index contributed by atoms with van der Waals surface area (Å²) >= 11 is 0. The number of likely N-dealkylation sites (tertiary alicyclic amines) is 1. The molecule has 0 aliphatic carbocycles. The van der Waals surface area contributed by atoms with Crippen LogP contribution in [0.4, 0.5) is 0 Å². The highest BCUT2D eigenvalue weighted by atomic mass is 16.4. The van der Waals surface area contributed by atoms with Gasteiger partial charge in [0.1, 0.15) is 6.54 Å². The molecule has 1 aliphatic heterocycles. The van der Waals surface area contributed by atoms with E-state index in [1.54, 1.807) is 24.3 Å². The van der Waals surface area contributed by atoms with E-state index in [0.29, 0.717) is 24.1 Å². The molecular weight excluding hydrogens is 304 g/mol. The van der Waals surface area contributed by atoms with Crippen molar-refractivity contribution in [3.05, 3.63) is 34.8 Å². The molecule has 122 valence electrons. The third-order valence-corrected chi connectivity index (χ3v) is 4.09. The number of carboxylic acids is 1. The fourth-order valence-corrected chi connectivity index (χ4v) is 2.82. The van der Waals surface area contributed by atoms with Gasteiger partial charge in [-0.2, -0.15) is 0 Å². The lowest BCUT2D eigenvalue weighted by Crippen LogP contribution is -2.55. The van der Waals surface area contributed by atoms with Gasteiger partial charge in [-0.1, -0.05) is 12.1 Å². The molecule has 1 amide bonds.